The Kier molecular flexibility index (Phi) is 3.98. The molecule has 14 heavy (non-hydrogen) atoms. The van der Waals surface area contributed by atoms with Crippen molar-refractivity contribution in [1.29, 1.82) is 0 Å². The lowest BCUT2D eigenvalue weighted by Gasteiger charge is -2.10. The Labute approximate surface area is 83.6 Å². The van der Waals surface area contributed by atoms with Gasteiger partial charge in [-0.2, -0.15) is 0 Å². The highest BCUT2D eigenvalue weighted by atomic mass is 16.7. The first kappa shape index (κ1) is 10.6. The van der Waals surface area contributed by atoms with E-state index in [4.69, 9.17) is 9.47 Å². The van der Waals surface area contributed by atoms with Crippen LogP contribution in [0.25, 0.3) is 0 Å². The minimum absolute atomic E-state index is 0.105. The lowest BCUT2D eigenvalue weighted by Crippen LogP contribution is -2.17. The first-order valence-electron chi connectivity index (χ1n) is 4.66. The van der Waals surface area contributed by atoms with E-state index in [0.29, 0.717) is 5.75 Å². The van der Waals surface area contributed by atoms with Gasteiger partial charge in [0.25, 0.3) is 0 Å². The zero-order valence-electron chi connectivity index (χ0n) is 8.40. The summed E-state index contributed by atoms with van der Waals surface area (Å²) >= 11 is 0. The van der Waals surface area contributed by atoms with Crippen LogP contribution in [0.15, 0.2) is 30.3 Å². The van der Waals surface area contributed by atoms with Gasteiger partial charge in [0.2, 0.25) is 0 Å². The SMILES string of the molecule is CC[C@@H](C)OC(=O)Oc1ccccc1. The molecule has 0 saturated heterocycles. The first-order valence-corrected chi connectivity index (χ1v) is 4.66. The number of carbonyl (C=O) groups excluding carboxylic acids is 1. The van der Waals surface area contributed by atoms with Crippen molar-refractivity contribution in [2.75, 3.05) is 0 Å². The van der Waals surface area contributed by atoms with Gasteiger partial charge >= 0.3 is 6.16 Å². The number of ether oxygens (including phenoxy) is 2. The van der Waals surface area contributed by atoms with E-state index in [-0.39, 0.29) is 6.10 Å². The highest BCUT2D eigenvalue weighted by Crippen LogP contribution is 2.10. The van der Waals surface area contributed by atoms with Crippen LogP contribution >= 0.6 is 0 Å². The predicted molar refractivity (Wildman–Crippen MR) is 53.3 cm³/mol. The van der Waals surface area contributed by atoms with Crippen molar-refractivity contribution < 1.29 is 14.3 Å². The second-order valence-electron chi connectivity index (χ2n) is 3.00. The number of para-hydroxylation sites is 1. The standard InChI is InChI=1S/C11H14O3/c1-3-9(2)13-11(12)14-10-7-5-4-6-8-10/h4-9H,3H2,1-2H3/t9-/m1/s1. The first-order chi connectivity index (χ1) is 6.72. The molecule has 0 fully saturated rings. The molecule has 0 aliphatic heterocycles. The molecule has 0 aromatic heterocycles. The maximum atomic E-state index is 11.1. The quantitative estimate of drug-likeness (QED) is 0.548. The number of carbonyl (C=O) groups is 1. The Bertz CT molecular complexity index is 282. The molecule has 1 aromatic carbocycles. The molecule has 1 aromatic rings. The molecule has 0 N–H and O–H groups in total. The van der Waals surface area contributed by atoms with Crippen molar-refractivity contribution in [3.8, 4) is 5.75 Å². The maximum Gasteiger partial charge on any atom is 0.514 e. The molecule has 3 nitrogen and oxygen atoms in total. The molecule has 0 bridgehead atoms. The molecule has 0 spiro atoms. The zero-order valence-corrected chi connectivity index (χ0v) is 8.40. The van der Waals surface area contributed by atoms with Crippen molar-refractivity contribution in [2.24, 2.45) is 0 Å². The number of benzene rings is 1. The lowest BCUT2D eigenvalue weighted by atomic mass is 10.3. The van der Waals surface area contributed by atoms with Crippen LogP contribution in [-0.4, -0.2) is 12.3 Å². The van der Waals surface area contributed by atoms with Crippen molar-refractivity contribution in [3.63, 3.8) is 0 Å². The molecule has 1 rings (SSSR count). The third-order valence-corrected chi connectivity index (χ3v) is 1.82. The highest BCUT2D eigenvalue weighted by molar-refractivity contribution is 5.63. The molecule has 0 saturated carbocycles. The van der Waals surface area contributed by atoms with Gasteiger partial charge in [-0.3, -0.25) is 0 Å². The molecule has 3 heteroatoms. The average molecular weight is 194 g/mol. The van der Waals surface area contributed by atoms with Gasteiger partial charge in [0.1, 0.15) is 11.9 Å². The second kappa shape index (κ2) is 5.27. The molecule has 76 valence electrons. The van der Waals surface area contributed by atoms with Crippen molar-refractivity contribution in [3.05, 3.63) is 30.3 Å². The van der Waals surface area contributed by atoms with Gasteiger partial charge in [-0.25, -0.2) is 4.79 Å². The van der Waals surface area contributed by atoms with Crippen LogP contribution in [0.1, 0.15) is 20.3 Å². The summed E-state index contributed by atoms with van der Waals surface area (Å²) in [5, 5.41) is 0. The van der Waals surface area contributed by atoms with Crippen LogP contribution in [0.5, 0.6) is 5.75 Å². The molecule has 0 heterocycles. The van der Waals surface area contributed by atoms with Gasteiger partial charge in [-0.15, -0.1) is 0 Å². The van der Waals surface area contributed by atoms with Crippen LogP contribution in [0.2, 0.25) is 0 Å². The fourth-order valence-corrected chi connectivity index (χ4v) is 0.856. The van der Waals surface area contributed by atoms with E-state index in [9.17, 15) is 4.79 Å². The molecular weight excluding hydrogens is 180 g/mol. The van der Waals surface area contributed by atoms with E-state index < -0.39 is 6.16 Å². The zero-order chi connectivity index (χ0) is 10.4. The minimum atomic E-state index is -0.648. The normalized spacial score (nSPS) is 11.9. The number of hydrogen-bond donors (Lipinski definition) is 0. The van der Waals surface area contributed by atoms with Crippen molar-refractivity contribution >= 4 is 6.16 Å². The molecule has 1 atom stereocenters. The van der Waals surface area contributed by atoms with Crippen LogP contribution in [0, 0.1) is 0 Å². The largest absolute Gasteiger partial charge is 0.514 e. The van der Waals surface area contributed by atoms with Gasteiger partial charge in [-0.1, -0.05) is 25.1 Å². The van der Waals surface area contributed by atoms with Crippen molar-refractivity contribution in [2.45, 2.75) is 26.4 Å². The van der Waals surface area contributed by atoms with Gasteiger partial charge < -0.3 is 9.47 Å². The molecular formula is C11H14O3. The minimum Gasteiger partial charge on any atom is -0.431 e. The second-order valence-corrected chi connectivity index (χ2v) is 3.00. The van der Waals surface area contributed by atoms with E-state index in [1.54, 1.807) is 24.3 Å². The highest BCUT2D eigenvalue weighted by Gasteiger charge is 2.09. The third kappa shape index (κ3) is 3.47. The van der Waals surface area contributed by atoms with Crippen LogP contribution in [0.3, 0.4) is 0 Å². The van der Waals surface area contributed by atoms with Gasteiger partial charge in [0.05, 0.1) is 0 Å². The van der Waals surface area contributed by atoms with E-state index in [2.05, 4.69) is 0 Å². The fraction of sp³-hybridized carbons (Fsp3) is 0.364. The van der Waals surface area contributed by atoms with Gasteiger partial charge in [0.15, 0.2) is 0 Å². The summed E-state index contributed by atoms with van der Waals surface area (Å²) in [6.45, 7) is 3.77. The summed E-state index contributed by atoms with van der Waals surface area (Å²) in [5.74, 6) is 0.501. The summed E-state index contributed by atoms with van der Waals surface area (Å²) < 4.78 is 9.87. The van der Waals surface area contributed by atoms with E-state index in [1.807, 2.05) is 19.9 Å². The summed E-state index contributed by atoms with van der Waals surface area (Å²) in [7, 11) is 0. The number of hydrogen-bond acceptors (Lipinski definition) is 3. The van der Waals surface area contributed by atoms with Crippen LogP contribution < -0.4 is 4.74 Å². The van der Waals surface area contributed by atoms with Crippen molar-refractivity contribution in [1.82, 2.24) is 0 Å². The Hall–Kier alpha value is -1.51. The molecule has 0 amide bonds. The Morgan fingerprint density at radius 2 is 2.00 bits per heavy atom. The maximum absolute atomic E-state index is 11.1. The summed E-state index contributed by atoms with van der Waals surface area (Å²) in [6.07, 6.45) is 0.0286. The van der Waals surface area contributed by atoms with Crippen LogP contribution in [-0.2, 0) is 4.74 Å². The molecule has 0 radical (unpaired) electrons. The lowest BCUT2D eigenvalue weighted by molar-refractivity contribution is 0.0644. The molecule has 0 aliphatic rings. The smallest absolute Gasteiger partial charge is 0.431 e. The van der Waals surface area contributed by atoms with E-state index >= 15 is 0 Å². The van der Waals surface area contributed by atoms with Gasteiger partial charge in [-0.05, 0) is 25.5 Å². The summed E-state index contributed by atoms with van der Waals surface area (Å²) in [4.78, 5) is 11.1. The summed E-state index contributed by atoms with van der Waals surface area (Å²) in [5.41, 5.74) is 0. The third-order valence-electron chi connectivity index (χ3n) is 1.82. The average Bonchev–Trinajstić information content (AvgIpc) is 2.19. The summed E-state index contributed by atoms with van der Waals surface area (Å²) in [6, 6.07) is 8.86. The Balaban J connectivity index is 2.42. The molecule has 0 aliphatic carbocycles. The monoisotopic (exact) mass is 194 g/mol. The Morgan fingerprint density at radius 3 is 2.57 bits per heavy atom. The topological polar surface area (TPSA) is 35.5 Å². The Morgan fingerprint density at radius 1 is 1.36 bits per heavy atom. The molecule has 0 unspecified atom stereocenters. The van der Waals surface area contributed by atoms with E-state index in [0.717, 1.165) is 6.42 Å². The predicted octanol–water partition coefficient (Wildman–Crippen LogP) is 3.00. The fourth-order valence-electron chi connectivity index (χ4n) is 0.856. The van der Waals surface area contributed by atoms with E-state index in [1.165, 1.54) is 0 Å². The van der Waals surface area contributed by atoms with Crippen LogP contribution in [0.4, 0.5) is 4.79 Å². The number of rotatable bonds is 3. The van der Waals surface area contributed by atoms with Gasteiger partial charge in [0, 0.05) is 0 Å².